The second-order valence-corrected chi connectivity index (χ2v) is 6.04. The monoisotopic (exact) mass is 324 g/mol. The van der Waals surface area contributed by atoms with Crippen LogP contribution in [0.25, 0.3) is 0 Å². The first-order valence-corrected chi connectivity index (χ1v) is 8.02. The third-order valence-corrected chi connectivity index (χ3v) is 4.28. The number of hydrogen-bond acceptors (Lipinski definition) is 4. The first-order valence-electron chi connectivity index (χ1n) is 8.02. The summed E-state index contributed by atoms with van der Waals surface area (Å²) in [4.78, 5) is 37.1. The molecule has 0 saturated carbocycles. The molecule has 1 aliphatic rings. The van der Waals surface area contributed by atoms with Crippen molar-refractivity contribution in [3.8, 4) is 0 Å². The SMILES string of the molecule is C[C@@H]1CN(C(=O)c2ccccn2)[C@@H](C)CN1C(=O)c1ccccn1. The molecule has 3 rings (SSSR count). The van der Waals surface area contributed by atoms with Crippen LogP contribution in [0.5, 0.6) is 0 Å². The van der Waals surface area contributed by atoms with E-state index in [1.807, 2.05) is 13.8 Å². The molecular formula is C18H20N4O2. The molecule has 0 aliphatic carbocycles. The molecule has 1 saturated heterocycles. The molecule has 0 spiro atoms. The van der Waals surface area contributed by atoms with Crippen LogP contribution in [0, 0.1) is 0 Å². The van der Waals surface area contributed by atoms with Crippen molar-refractivity contribution in [2.24, 2.45) is 0 Å². The van der Waals surface area contributed by atoms with E-state index in [0.717, 1.165) is 0 Å². The molecule has 2 atom stereocenters. The lowest BCUT2D eigenvalue weighted by Crippen LogP contribution is -2.59. The smallest absolute Gasteiger partial charge is 0.272 e. The maximum absolute atomic E-state index is 12.6. The van der Waals surface area contributed by atoms with Crippen molar-refractivity contribution < 1.29 is 9.59 Å². The van der Waals surface area contributed by atoms with Gasteiger partial charge in [0.05, 0.1) is 0 Å². The van der Waals surface area contributed by atoms with Crippen molar-refractivity contribution in [1.82, 2.24) is 19.8 Å². The summed E-state index contributed by atoms with van der Waals surface area (Å²) in [5.41, 5.74) is 0.863. The highest BCUT2D eigenvalue weighted by Crippen LogP contribution is 2.19. The zero-order chi connectivity index (χ0) is 17.1. The fourth-order valence-corrected chi connectivity index (χ4v) is 2.97. The predicted molar refractivity (Wildman–Crippen MR) is 89.5 cm³/mol. The van der Waals surface area contributed by atoms with Crippen LogP contribution in [0.15, 0.2) is 48.8 Å². The van der Waals surface area contributed by atoms with Crippen LogP contribution in [0.4, 0.5) is 0 Å². The van der Waals surface area contributed by atoms with Crippen LogP contribution in [-0.4, -0.2) is 56.8 Å². The molecule has 24 heavy (non-hydrogen) atoms. The van der Waals surface area contributed by atoms with Gasteiger partial charge < -0.3 is 9.80 Å². The molecule has 2 aromatic heterocycles. The molecule has 0 N–H and O–H groups in total. The van der Waals surface area contributed by atoms with Crippen LogP contribution < -0.4 is 0 Å². The summed E-state index contributed by atoms with van der Waals surface area (Å²) in [6, 6.07) is 10.4. The summed E-state index contributed by atoms with van der Waals surface area (Å²) >= 11 is 0. The van der Waals surface area contributed by atoms with Gasteiger partial charge in [0.1, 0.15) is 11.4 Å². The van der Waals surface area contributed by atoms with Gasteiger partial charge in [-0.05, 0) is 38.1 Å². The minimum atomic E-state index is -0.0973. The quantitative estimate of drug-likeness (QED) is 0.845. The third kappa shape index (κ3) is 3.13. The highest BCUT2D eigenvalue weighted by Gasteiger charge is 2.35. The van der Waals surface area contributed by atoms with Crippen LogP contribution in [0.2, 0.25) is 0 Å². The van der Waals surface area contributed by atoms with Crippen LogP contribution in [-0.2, 0) is 0 Å². The molecule has 3 heterocycles. The number of nitrogens with zero attached hydrogens (tertiary/aromatic N) is 4. The Hall–Kier alpha value is -2.76. The number of aromatic nitrogens is 2. The van der Waals surface area contributed by atoms with Gasteiger partial charge in [-0.15, -0.1) is 0 Å². The van der Waals surface area contributed by atoms with Crippen molar-refractivity contribution in [2.45, 2.75) is 25.9 Å². The fraction of sp³-hybridized carbons (Fsp3) is 0.333. The van der Waals surface area contributed by atoms with E-state index >= 15 is 0 Å². The van der Waals surface area contributed by atoms with Gasteiger partial charge in [-0.1, -0.05) is 12.1 Å². The Kier molecular flexibility index (Phi) is 4.55. The number of carbonyl (C=O) groups excluding carboxylic acids is 2. The summed E-state index contributed by atoms with van der Waals surface area (Å²) in [6.45, 7) is 4.86. The van der Waals surface area contributed by atoms with Gasteiger partial charge in [-0.25, -0.2) is 0 Å². The lowest BCUT2D eigenvalue weighted by molar-refractivity contribution is 0.0264. The molecule has 1 aliphatic heterocycles. The van der Waals surface area contributed by atoms with Gasteiger partial charge in [0.15, 0.2) is 0 Å². The zero-order valence-corrected chi connectivity index (χ0v) is 13.8. The number of pyridine rings is 2. The summed E-state index contributed by atoms with van der Waals surface area (Å²) < 4.78 is 0. The van der Waals surface area contributed by atoms with E-state index < -0.39 is 0 Å². The Morgan fingerprint density at radius 2 is 1.25 bits per heavy atom. The Bertz CT molecular complexity index is 657. The Morgan fingerprint density at radius 1 is 0.833 bits per heavy atom. The van der Waals surface area contributed by atoms with Gasteiger partial charge >= 0.3 is 0 Å². The molecule has 2 aromatic rings. The van der Waals surface area contributed by atoms with E-state index in [-0.39, 0.29) is 23.9 Å². The lowest BCUT2D eigenvalue weighted by atomic mass is 10.1. The average Bonchev–Trinajstić information content (AvgIpc) is 2.63. The minimum Gasteiger partial charge on any atom is -0.331 e. The van der Waals surface area contributed by atoms with Crippen LogP contribution in [0.1, 0.15) is 34.8 Å². The van der Waals surface area contributed by atoms with E-state index in [2.05, 4.69) is 9.97 Å². The normalized spacial score (nSPS) is 20.8. The van der Waals surface area contributed by atoms with Crippen molar-refractivity contribution in [3.63, 3.8) is 0 Å². The van der Waals surface area contributed by atoms with E-state index in [1.165, 1.54) is 0 Å². The number of piperazine rings is 1. The Morgan fingerprint density at radius 3 is 1.58 bits per heavy atom. The molecule has 6 nitrogen and oxygen atoms in total. The topological polar surface area (TPSA) is 66.4 Å². The minimum absolute atomic E-state index is 0.0802. The van der Waals surface area contributed by atoms with E-state index in [1.54, 1.807) is 58.6 Å². The molecule has 2 amide bonds. The lowest BCUT2D eigenvalue weighted by Gasteiger charge is -2.43. The standard InChI is InChI=1S/C18H20N4O2/c1-13-11-22(18(24)16-8-4-6-10-20-16)14(2)12-21(13)17(23)15-7-3-5-9-19-15/h3-10,13-14H,11-12H2,1-2H3/t13-,14+. The number of carbonyl (C=O) groups is 2. The van der Waals surface area contributed by atoms with Crippen LogP contribution in [0.3, 0.4) is 0 Å². The second kappa shape index (κ2) is 6.78. The van der Waals surface area contributed by atoms with Crippen molar-refractivity contribution in [1.29, 1.82) is 0 Å². The van der Waals surface area contributed by atoms with E-state index in [0.29, 0.717) is 24.5 Å². The summed E-state index contributed by atoms with van der Waals surface area (Å²) in [7, 11) is 0. The van der Waals surface area contributed by atoms with Crippen molar-refractivity contribution in [2.75, 3.05) is 13.1 Å². The summed E-state index contributed by atoms with van der Waals surface area (Å²) in [5, 5.41) is 0. The predicted octanol–water partition coefficient (Wildman–Crippen LogP) is 1.85. The molecule has 0 radical (unpaired) electrons. The van der Waals surface area contributed by atoms with Gasteiger partial charge in [-0.2, -0.15) is 0 Å². The molecule has 1 fully saturated rings. The van der Waals surface area contributed by atoms with E-state index in [4.69, 9.17) is 0 Å². The molecule has 0 unspecified atom stereocenters. The molecular weight excluding hydrogens is 304 g/mol. The maximum Gasteiger partial charge on any atom is 0.272 e. The van der Waals surface area contributed by atoms with Gasteiger partial charge in [0.2, 0.25) is 0 Å². The average molecular weight is 324 g/mol. The van der Waals surface area contributed by atoms with Crippen LogP contribution >= 0.6 is 0 Å². The highest BCUT2D eigenvalue weighted by atomic mass is 16.2. The second-order valence-electron chi connectivity index (χ2n) is 6.04. The first-order chi connectivity index (χ1) is 11.6. The number of amides is 2. The van der Waals surface area contributed by atoms with Gasteiger partial charge in [0.25, 0.3) is 11.8 Å². The number of rotatable bonds is 2. The summed E-state index contributed by atoms with van der Waals surface area (Å²) in [5.74, 6) is -0.195. The highest BCUT2D eigenvalue weighted by molar-refractivity contribution is 5.94. The molecule has 0 aromatic carbocycles. The largest absolute Gasteiger partial charge is 0.331 e. The third-order valence-electron chi connectivity index (χ3n) is 4.28. The number of hydrogen-bond donors (Lipinski definition) is 0. The van der Waals surface area contributed by atoms with Gasteiger partial charge in [0, 0.05) is 37.6 Å². The van der Waals surface area contributed by atoms with Gasteiger partial charge in [-0.3, -0.25) is 19.6 Å². The van der Waals surface area contributed by atoms with E-state index in [9.17, 15) is 9.59 Å². The zero-order valence-electron chi connectivity index (χ0n) is 13.8. The Labute approximate surface area is 141 Å². The Balaban J connectivity index is 1.75. The van der Waals surface area contributed by atoms with Crippen molar-refractivity contribution in [3.05, 3.63) is 60.2 Å². The van der Waals surface area contributed by atoms with Crippen molar-refractivity contribution >= 4 is 11.8 Å². The first kappa shape index (κ1) is 16.1. The molecule has 124 valence electrons. The maximum atomic E-state index is 12.6. The summed E-state index contributed by atoms with van der Waals surface area (Å²) in [6.07, 6.45) is 3.23. The fourth-order valence-electron chi connectivity index (χ4n) is 2.97. The molecule has 0 bridgehead atoms. The molecule has 6 heteroatoms.